The molecule has 2 aliphatic carbocycles. The summed E-state index contributed by atoms with van der Waals surface area (Å²) in [5, 5.41) is 9.33. The number of benzene rings is 3. The highest BCUT2D eigenvalue weighted by Gasteiger charge is 2.68. The maximum Gasteiger partial charge on any atom is 0.530 e. The van der Waals surface area contributed by atoms with Gasteiger partial charge in [0, 0.05) is 71.9 Å². The Morgan fingerprint density at radius 2 is 1.55 bits per heavy atom. The summed E-state index contributed by atoms with van der Waals surface area (Å²) in [6.45, 7) is 5.39. The van der Waals surface area contributed by atoms with Crippen LogP contribution in [0.15, 0.2) is 54.6 Å². The molecule has 3 aromatic carbocycles. The number of rotatable bonds is 25. The number of halogens is 11. The number of carbonyl (C=O) groups is 2. The SMILES string of the molecule is CCOP(=O)(OCC)Oc1cc(CP(=O)(OC)OC)cc(C)c1C(C)(C)CC(=O)N(Cc1nn(CC(F)(F)F)c2c(-c3ccc(C#CC(C)(C)S(C)(=O)=O)nc3[C@H](Cc3cc(F)cc(F)c3)NC(=O)Cn3nc(C(F)(F)F)c4c3C(F)(F)[C@@H]3C[C@H]43)ccc(Cl)c12)S(=O)O. The fraction of sp³-hybridized carbons (Fsp3) is 0.466. The molecule has 1 fully saturated rings. The number of hydrogen-bond acceptors (Lipinski definition) is 15. The van der Waals surface area contributed by atoms with Gasteiger partial charge in [-0.25, -0.2) is 35.3 Å². The highest BCUT2D eigenvalue weighted by molar-refractivity contribution is 7.92. The normalized spacial score (nSPS) is 16.5. The molecule has 0 saturated heterocycles. The standard InChI is InChI=1S/C58H62ClF10N7O13P2S2/c1-11-87-91(80,88-12-2)89-44-23-33(29-90(79,85-8)86-9)19-31(3)49(44)54(4,5)26-46(78)76(92(81)82)27-43-48-41(59)16-15-38(51(48)75(72-43)30-56(62,63)64)37-14-13-36(17-18-55(6,7)93(10,83)84)70-50(37)42(22-32-20-34(60)24-35(61)21-32)71-45(77)28-74-53-47(52(73-74)58(67,68)69)39-25-40(39)57(53,65)66/h13-16,19-21,23-24,39-40,42H,11-12,22,25-30H2,1-10H3,(H,71,77)(H,81,82)/t39-,40+,42-/m0/s1. The van der Waals surface area contributed by atoms with Crippen molar-refractivity contribution in [2.45, 2.75) is 134 Å². The van der Waals surface area contributed by atoms with Gasteiger partial charge in [-0.05, 0) is 112 Å². The van der Waals surface area contributed by atoms with Crippen molar-refractivity contribution >= 4 is 70.8 Å². The number of pyridine rings is 1. The summed E-state index contributed by atoms with van der Waals surface area (Å²) in [5.41, 5.74) is -7.05. The quantitative estimate of drug-likeness (QED) is 0.0234. The molecule has 1 unspecified atom stereocenters. The second kappa shape index (κ2) is 26.7. The highest BCUT2D eigenvalue weighted by Crippen LogP contribution is 2.68. The van der Waals surface area contributed by atoms with Crippen LogP contribution >= 0.6 is 27.0 Å². The van der Waals surface area contributed by atoms with Crippen molar-refractivity contribution in [2.75, 3.05) is 33.7 Å². The van der Waals surface area contributed by atoms with Crippen LogP contribution in [0.2, 0.25) is 5.02 Å². The summed E-state index contributed by atoms with van der Waals surface area (Å²) >= 11 is 3.55. The predicted molar refractivity (Wildman–Crippen MR) is 320 cm³/mol. The molecule has 93 heavy (non-hydrogen) atoms. The maximum absolute atomic E-state index is 15.8. The molecule has 4 atom stereocenters. The van der Waals surface area contributed by atoms with Gasteiger partial charge in [0.05, 0.1) is 53.9 Å². The van der Waals surface area contributed by atoms with Crippen LogP contribution < -0.4 is 9.84 Å². The molecular formula is C58H62ClF10N7O13P2S2. The van der Waals surface area contributed by atoms with Gasteiger partial charge in [-0.1, -0.05) is 43.5 Å². The third kappa shape index (κ3) is 15.9. The number of carbonyl (C=O) groups excluding carboxylic acids is 2. The minimum absolute atomic E-state index is 0.149. The molecule has 20 nitrogen and oxygen atoms in total. The number of fused-ring (bicyclic) bond motifs is 4. The molecule has 0 radical (unpaired) electrons. The number of hydrogen-bond donors (Lipinski definition) is 2. The zero-order valence-corrected chi connectivity index (χ0v) is 55.4. The molecule has 35 heteroatoms. The van der Waals surface area contributed by atoms with Gasteiger partial charge in [0.25, 0.3) is 17.2 Å². The van der Waals surface area contributed by atoms with Crippen molar-refractivity contribution in [3.63, 3.8) is 0 Å². The van der Waals surface area contributed by atoms with Crippen LogP contribution in [-0.2, 0) is 108 Å². The average molecular weight is 1420 g/mol. The predicted octanol–water partition coefficient (Wildman–Crippen LogP) is 13.0. The molecule has 3 aromatic heterocycles. The van der Waals surface area contributed by atoms with E-state index in [4.69, 9.17) is 34.2 Å². The molecule has 0 bridgehead atoms. The van der Waals surface area contributed by atoms with Gasteiger partial charge in [0.15, 0.2) is 15.5 Å². The summed E-state index contributed by atoms with van der Waals surface area (Å²) in [7, 11) is -9.86. The maximum atomic E-state index is 15.8. The number of amides is 2. The minimum Gasteiger partial charge on any atom is -0.404 e. The van der Waals surface area contributed by atoms with Crippen molar-refractivity contribution in [3.8, 4) is 28.7 Å². The van der Waals surface area contributed by atoms with Gasteiger partial charge in [-0.2, -0.15) is 45.3 Å². The zero-order valence-electron chi connectivity index (χ0n) is 51.2. The molecular weight excluding hydrogens is 1350 g/mol. The summed E-state index contributed by atoms with van der Waals surface area (Å²) in [6, 6.07) is 7.82. The Bertz CT molecular complexity index is 4210. The molecule has 3 heterocycles. The lowest BCUT2D eigenvalue weighted by Gasteiger charge is -2.32. The Kier molecular flexibility index (Phi) is 20.9. The van der Waals surface area contributed by atoms with Crippen LogP contribution in [0.4, 0.5) is 43.9 Å². The highest BCUT2D eigenvalue weighted by atomic mass is 35.5. The minimum atomic E-state index is -5.25. The van der Waals surface area contributed by atoms with Crippen molar-refractivity contribution in [1.29, 1.82) is 0 Å². The van der Waals surface area contributed by atoms with Gasteiger partial charge in [-0.3, -0.25) is 37.1 Å². The lowest BCUT2D eigenvalue weighted by molar-refractivity contribution is -0.143. The summed E-state index contributed by atoms with van der Waals surface area (Å²) < 4.78 is 253. The first-order valence-corrected chi connectivity index (χ1v) is 34.7. The van der Waals surface area contributed by atoms with Crippen LogP contribution in [0.25, 0.3) is 22.0 Å². The smallest absolute Gasteiger partial charge is 0.404 e. The van der Waals surface area contributed by atoms with Crippen molar-refractivity contribution in [1.82, 2.24) is 34.2 Å². The molecule has 6 aromatic rings. The first-order chi connectivity index (χ1) is 43.0. The second-order valence-corrected chi connectivity index (χ2v) is 30.9. The fourth-order valence-electron chi connectivity index (χ4n) is 11.2. The number of phosphoric acid groups is 1. The van der Waals surface area contributed by atoms with E-state index in [1.807, 2.05) is 0 Å². The molecule has 8 rings (SSSR count). The molecule has 0 spiro atoms. The topological polar surface area (TPSA) is 250 Å². The number of aromatic nitrogens is 5. The van der Waals surface area contributed by atoms with Crippen LogP contribution in [0.1, 0.15) is 123 Å². The Morgan fingerprint density at radius 1 is 0.925 bits per heavy atom. The van der Waals surface area contributed by atoms with Gasteiger partial charge >= 0.3 is 27.8 Å². The van der Waals surface area contributed by atoms with E-state index in [0.29, 0.717) is 20.6 Å². The van der Waals surface area contributed by atoms with Gasteiger partial charge in [0.2, 0.25) is 11.8 Å². The summed E-state index contributed by atoms with van der Waals surface area (Å²) in [4.78, 5) is 33.7. The fourth-order valence-corrected chi connectivity index (χ4v) is 14.4. The second-order valence-electron chi connectivity index (χ2n) is 23.2. The van der Waals surface area contributed by atoms with E-state index < -0.39 is 173 Å². The largest absolute Gasteiger partial charge is 0.530 e. The molecule has 2 aliphatic rings. The number of nitrogens with zero attached hydrogens (tertiary/aromatic N) is 6. The van der Waals surface area contributed by atoms with E-state index in [2.05, 4.69) is 32.3 Å². The van der Waals surface area contributed by atoms with E-state index in [1.54, 1.807) is 13.0 Å². The monoisotopic (exact) mass is 1420 g/mol. The van der Waals surface area contributed by atoms with E-state index in [1.165, 1.54) is 59.7 Å². The van der Waals surface area contributed by atoms with E-state index >= 15 is 17.6 Å². The van der Waals surface area contributed by atoms with Crippen LogP contribution in [-0.4, -0.2) is 102 Å². The zero-order chi connectivity index (χ0) is 69.1. The number of sulfone groups is 1. The lowest BCUT2D eigenvalue weighted by Crippen LogP contribution is -2.37. The number of phosphoric ester groups is 1. The van der Waals surface area contributed by atoms with Gasteiger partial charge in [-0.15, -0.1) is 0 Å². The van der Waals surface area contributed by atoms with Crippen LogP contribution in [0.3, 0.4) is 0 Å². The average Bonchev–Trinajstić information content (AvgIpc) is 1.52. The number of alkyl halides is 8. The first kappa shape index (κ1) is 72.6. The Hall–Kier alpha value is -6.26. The van der Waals surface area contributed by atoms with Crippen molar-refractivity contribution in [3.05, 3.63) is 128 Å². The van der Waals surface area contributed by atoms with Crippen LogP contribution in [0, 0.1) is 36.3 Å². The lowest BCUT2D eigenvalue weighted by atomic mass is 9.78. The molecule has 1 saturated carbocycles. The first-order valence-electron chi connectivity index (χ1n) is 28.1. The van der Waals surface area contributed by atoms with E-state index in [0.717, 1.165) is 44.7 Å². The molecule has 2 amide bonds. The molecule has 506 valence electrons. The number of aryl methyl sites for hydroxylation is 1. The Labute approximate surface area is 534 Å². The van der Waals surface area contributed by atoms with Crippen LogP contribution in [0.5, 0.6) is 5.75 Å². The summed E-state index contributed by atoms with van der Waals surface area (Å²) in [6.07, 6.45) is -11.6. The molecule has 2 N–H and O–H groups in total. The van der Waals surface area contributed by atoms with Gasteiger partial charge in [0.1, 0.15) is 46.6 Å². The van der Waals surface area contributed by atoms with Crippen molar-refractivity contribution < 1.29 is 102 Å². The number of nitrogens with one attached hydrogen (secondary N) is 1. The Balaban J connectivity index is 1.28. The van der Waals surface area contributed by atoms with E-state index in [-0.39, 0.29) is 80.1 Å². The third-order valence-electron chi connectivity index (χ3n) is 15.5. The Morgan fingerprint density at radius 3 is 2.12 bits per heavy atom. The van der Waals surface area contributed by atoms with Gasteiger partial charge < -0.3 is 18.9 Å². The molecule has 0 aliphatic heterocycles. The summed E-state index contributed by atoms with van der Waals surface area (Å²) in [5.74, 6) is -6.46. The third-order valence-corrected chi connectivity index (χ3v) is 21.9. The van der Waals surface area contributed by atoms with Crippen molar-refractivity contribution in [2.24, 2.45) is 5.92 Å². The van der Waals surface area contributed by atoms with E-state index in [9.17, 15) is 62.2 Å².